The van der Waals surface area contributed by atoms with E-state index in [0.29, 0.717) is 19.4 Å². The molecule has 0 aliphatic heterocycles. The van der Waals surface area contributed by atoms with E-state index in [1.165, 1.54) is 11.1 Å². The second-order valence-corrected chi connectivity index (χ2v) is 9.65. The number of alkyl carbamates (subject to hydrolysis) is 1. The molecule has 3 N–H and O–H groups in total. The summed E-state index contributed by atoms with van der Waals surface area (Å²) in [5, 5.41) is 15.0. The first kappa shape index (κ1) is 24.8. The summed E-state index contributed by atoms with van der Waals surface area (Å²) in [4.78, 5) is 36.2. The molecule has 2 aromatic carbocycles. The number of amides is 2. The van der Waals surface area contributed by atoms with Gasteiger partial charge in [0.25, 0.3) is 0 Å². The number of ether oxygens (including phenoxy) is 1. The fraction of sp³-hybridized carbons (Fsp3) is 0.464. The zero-order valence-corrected chi connectivity index (χ0v) is 20.2. The van der Waals surface area contributed by atoms with Crippen molar-refractivity contribution in [3.05, 3.63) is 59.7 Å². The van der Waals surface area contributed by atoms with Gasteiger partial charge in [0.15, 0.2) is 0 Å². The quantitative estimate of drug-likeness (QED) is 0.485. The van der Waals surface area contributed by atoms with E-state index >= 15 is 0 Å². The highest BCUT2D eigenvalue weighted by atomic mass is 16.5. The van der Waals surface area contributed by atoms with Crippen LogP contribution in [-0.4, -0.2) is 42.3 Å². The summed E-state index contributed by atoms with van der Waals surface area (Å²) in [5.41, 5.74) is 4.69. The van der Waals surface area contributed by atoms with E-state index in [4.69, 9.17) is 4.74 Å². The molecule has 1 unspecified atom stereocenters. The predicted octanol–water partition coefficient (Wildman–Crippen LogP) is 4.70. The number of carbonyl (C=O) groups is 3. The van der Waals surface area contributed by atoms with Gasteiger partial charge in [-0.2, -0.15) is 0 Å². The zero-order chi connectivity index (χ0) is 24.8. The number of benzene rings is 2. The van der Waals surface area contributed by atoms with Crippen LogP contribution in [0.2, 0.25) is 0 Å². The lowest BCUT2D eigenvalue weighted by Gasteiger charge is -2.28. The SMILES string of the molecule is CCC(CNC(=O)OCC1c2ccccc2-c2ccccc21)CC(=O)N[C@@H]1CCC[C@H](C(=O)O)C1. The number of aliphatic carboxylic acids is 1. The molecule has 0 heterocycles. The lowest BCUT2D eigenvalue weighted by Crippen LogP contribution is -2.41. The number of fused-ring (bicyclic) bond motifs is 3. The number of hydrogen-bond acceptors (Lipinski definition) is 4. The molecule has 2 aliphatic rings. The molecule has 0 saturated heterocycles. The van der Waals surface area contributed by atoms with E-state index in [1.807, 2.05) is 31.2 Å². The minimum absolute atomic E-state index is 0.00558. The van der Waals surface area contributed by atoms with Crippen LogP contribution >= 0.6 is 0 Å². The van der Waals surface area contributed by atoms with E-state index in [9.17, 15) is 19.5 Å². The van der Waals surface area contributed by atoms with Crippen molar-refractivity contribution in [2.24, 2.45) is 11.8 Å². The van der Waals surface area contributed by atoms with Gasteiger partial charge in [0.1, 0.15) is 6.61 Å². The van der Waals surface area contributed by atoms with Gasteiger partial charge in [-0.25, -0.2) is 4.79 Å². The summed E-state index contributed by atoms with van der Waals surface area (Å²) in [5.74, 6) is -1.28. The van der Waals surface area contributed by atoms with E-state index in [1.54, 1.807) is 0 Å². The average molecular weight is 479 g/mol. The maximum atomic E-state index is 12.5. The zero-order valence-electron chi connectivity index (χ0n) is 20.2. The molecule has 7 nitrogen and oxygen atoms in total. The number of carboxylic acids is 1. The summed E-state index contributed by atoms with van der Waals surface area (Å²) < 4.78 is 5.59. The van der Waals surface area contributed by atoms with Crippen molar-refractivity contribution in [2.45, 2.75) is 57.4 Å². The first-order valence-electron chi connectivity index (χ1n) is 12.6. The number of rotatable bonds is 9. The van der Waals surface area contributed by atoms with E-state index < -0.39 is 12.1 Å². The molecule has 2 aliphatic carbocycles. The van der Waals surface area contributed by atoms with Gasteiger partial charge >= 0.3 is 12.1 Å². The number of nitrogens with one attached hydrogen (secondary N) is 2. The molecule has 0 bridgehead atoms. The predicted molar refractivity (Wildman–Crippen MR) is 133 cm³/mol. The molecule has 186 valence electrons. The normalized spacial score (nSPS) is 19.8. The van der Waals surface area contributed by atoms with Gasteiger partial charge in [-0.3, -0.25) is 9.59 Å². The minimum Gasteiger partial charge on any atom is -0.481 e. The number of carboxylic acid groups (broad SMARTS) is 1. The van der Waals surface area contributed by atoms with Gasteiger partial charge in [0, 0.05) is 24.9 Å². The maximum absolute atomic E-state index is 12.5. The van der Waals surface area contributed by atoms with Gasteiger partial charge in [-0.05, 0) is 47.4 Å². The lowest BCUT2D eigenvalue weighted by atomic mass is 9.85. The summed E-state index contributed by atoms with van der Waals surface area (Å²) in [7, 11) is 0. The summed E-state index contributed by atoms with van der Waals surface area (Å²) in [6.45, 7) is 2.59. The maximum Gasteiger partial charge on any atom is 0.407 e. The topological polar surface area (TPSA) is 105 Å². The highest BCUT2D eigenvalue weighted by Gasteiger charge is 2.30. The molecule has 0 aromatic heterocycles. The Kier molecular flexibility index (Phi) is 8.06. The molecule has 0 spiro atoms. The van der Waals surface area contributed by atoms with Gasteiger partial charge in [0.2, 0.25) is 5.91 Å². The third-order valence-electron chi connectivity index (χ3n) is 7.32. The van der Waals surface area contributed by atoms with Gasteiger partial charge in [-0.15, -0.1) is 0 Å². The second kappa shape index (κ2) is 11.4. The highest BCUT2D eigenvalue weighted by Crippen LogP contribution is 2.44. The summed E-state index contributed by atoms with van der Waals surface area (Å²) in [6.07, 6.45) is 3.31. The fourth-order valence-corrected chi connectivity index (χ4v) is 5.33. The van der Waals surface area contributed by atoms with Crippen molar-refractivity contribution >= 4 is 18.0 Å². The Balaban J connectivity index is 1.24. The average Bonchev–Trinajstić information content (AvgIpc) is 3.19. The Morgan fingerprint density at radius 3 is 2.31 bits per heavy atom. The van der Waals surface area contributed by atoms with Crippen LogP contribution in [0.25, 0.3) is 11.1 Å². The molecule has 1 fully saturated rings. The van der Waals surface area contributed by atoms with Crippen LogP contribution in [0.5, 0.6) is 0 Å². The van der Waals surface area contributed by atoms with E-state index in [2.05, 4.69) is 34.9 Å². The Hall–Kier alpha value is -3.35. The van der Waals surface area contributed by atoms with Gasteiger partial charge in [-0.1, -0.05) is 68.3 Å². The number of hydrogen-bond donors (Lipinski definition) is 3. The van der Waals surface area contributed by atoms with Crippen LogP contribution in [0.3, 0.4) is 0 Å². The lowest BCUT2D eigenvalue weighted by molar-refractivity contribution is -0.143. The molecule has 2 amide bonds. The summed E-state index contributed by atoms with van der Waals surface area (Å²) in [6, 6.07) is 16.3. The van der Waals surface area contributed by atoms with Crippen LogP contribution in [0.1, 0.15) is 62.5 Å². The van der Waals surface area contributed by atoms with Crippen LogP contribution in [-0.2, 0) is 14.3 Å². The molecule has 0 radical (unpaired) electrons. The van der Waals surface area contributed by atoms with Crippen molar-refractivity contribution in [1.82, 2.24) is 10.6 Å². The molecule has 7 heteroatoms. The van der Waals surface area contributed by atoms with Crippen LogP contribution in [0.15, 0.2) is 48.5 Å². The van der Waals surface area contributed by atoms with Crippen molar-refractivity contribution in [1.29, 1.82) is 0 Å². The molecular weight excluding hydrogens is 444 g/mol. The van der Waals surface area contributed by atoms with Crippen LogP contribution in [0, 0.1) is 11.8 Å². The molecule has 1 saturated carbocycles. The number of carbonyl (C=O) groups excluding carboxylic acids is 2. The fourth-order valence-electron chi connectivity index (χ4n) is 5.33. The standard InChI is InChI=1S/C28H34N2O5/c1-2-18(14-26(31)30-20-9-7-8-19(15-20)27(32)33)16-29-28(34)35-17-25-23-12-5-3-10-21(23)22-11-4-6-13-24(22)25/h3-6,10-13,18-20,25H,2,7-9,14-17H2,1H3,(H,29,34)(H,30,31)(H,32,33)/t18?,19-,20+/m0/s1. The molecule has 3 atom stereocenters. The molecule has 4 rings (SSSR count). The van der Waals surface area contributed by atoms with Crippen LogP contribution < -0.4 is 10.6 Å². The third-order valence-corrected chi connectivity index (χ3v) is 7.32. The minimum atomic E-state index is -0.789. The van der Waals surface area contributed by atoms with Crippen LogP contribution in [0.4, 0.5) is 4.79 Å². The monoisotopic (exact) mass is 478 g/mol. The Morgan fingerprint density at radius 2 is 1.69 bits per heavy atom. The largest absolute Gasteiger partial charge is 0.481 e. The van der Waals surface area contributed by atoms with Crippen molar-refractivity contribution in [2.75, 3.05) is 13.2 Å². The third kappa shape index (κ3) is 6.02. The van der Waals surface area contributed by atoms with E-state index in [0.717, 1.165) is 30.4 Å². The van der Waals surface area contributed by atoms with Gasteiger partial charge < -0.3 is 20.5 Å². The van der Waals surface area contributed by atoms with Crippen molar-refractivity contribution in [3.63, 3.8) is 0 Å². The Bertz CT molecular complexity index is 1020. The van der Waals surface area contributed by atoms with Gasteiger partial charge in [0.05, 0.1) is 5.92 Å². The van der Waals surface area contributed by atoms with E-state index in [-0.39, 0.29) is 42.7 Å². The first-order chi connectivity index (χ1) is 17.0. The molecule has 2 aromatic rings. The van der Waals surface area contributed by atoms with Crippen molar-refractivity contribution < 1.29 is 24.2 Å². The first-order valence-corrected chi connectivity index (χ1v) is 12.6. The summed E-state index contributed by atoms with van der Waals surface area (Å²) >= 11 is 0. The smallest absolute Gasteiger partial charge is 0.407 e. The Labute approximate surface area is 206 Å². The molecule has 35 heavy (non-hydrogen) atoms. The van der Waals surface area contributed by atoms with Crippen molar-refractivity contribution in [3.8, 4) is 11.1 Å². The second-order valence-electron chi connectivity index (χ2n) is 9.65. The molecular formula is C28H34N2O5. The Morgan fingerprint density at radius 1 is 1.03 bits per heavy atom. The highest BCUT2D eigenvalue weighted by molar-refractivity contribution is 5.79.